The molecule has 0 atom stereocenters. The molecular formula is C16H18BrNO. The Labute approximate surface area is 122 Å². The molecule has 0 aliphatic carbocycles. The first-order valence-electron chi connectivity index (χ1n) is 6.42. The second-order valence-corrected chi connectivity index (χ2v) is 5.33. The van der Waals surface area contributed by atoms with Gasteiger partial charge in [0.25, 0.3) is 0 Å². The van der Waals surface area contributed by atoms with Crippen LogP contribution in [0.25, 0.3) is 0 Å². The van der Waals surface area contributed by atoms with E-state index in [-0.39, 0.29) is 0 Å². The molecule has 0 spiro atoms. The number of benzene rings is 2. The van der Waals surface area contributed by atoms with Gasteiger partial charge in [-0.05, 0) is 41.3 Å². The molecule has 0 aromatic heterocycles. The third-order valence-electron chi connectivity index (χ3n) is 3.06. The fourth-order valence-electron chi connectivity index (χ4n) is 1.90. The van der Waals surface area contributed by atoms with Crippen LogP contribution < -0.4 is 10.5 Å². The number of aryl methyl sites for hydroxylation is 1. The first-order valence-corrected chi connectivity index (χ1v) is 7.21. The van der Waals surface area contributed by atoms with Crippen molar-refractivity contribution < 1.29 is 4.74 Å². The van der Waals surface area contributed by atoms with E-state index in [1.807, 2.05) is 24.3 Å². The van der Waals surface area contributed by atoms with E-state index < -0.39 is 0 Å². The molecule has 2 aromatic rings. The summed E-state index contributed by atoms with van der Waals surface area (Å²) in [6.45, 7) is 3.29. The molecule has 0 aliphatic heterocycles. The van der Waals surface area contributed by atoms with Crippen molar-refractivity contribution >= 4 is 15.9 Å². The molecule has 0 unspecified atom stereocenters. The molecule has 0 saturated carbocycles. The van der Waals surface area contributed by atoms with E-state index in [1.165, 1.54) is 5.56 Å². The van der Waals surface area contributed by atoms with Gasteiger partial charge in [-0.25, -0.2) is 0 Å². The van der Waals surface area contributed by atoms with Crippen molar-refractivity contribution in [2.24, 2.45) is 5.73 Å². The van der Waals surface area contributed by atoms with Crippen molar-refractivity contribution in [2.75, 3.05) is 0 Å². The molecule has 0 amide bonds. The third kappa shape index (κ3) is 3.82. The molecule has 2 aromatic carbocycles. The first-order chi connectivity index (χ1) is 9.22. The van der Waals surface area contributed by atoms with Crippen LogP contribution in [0.3, 0.4) is 0 Å². The van der Waals surface area contributed by atoms with Crippen LogP contribution in [-0.4, -0.2) is 0 Å². The smallest absolute Gasteiger partial charge is 0.123 e. The van der Waals surface area contributed by atoms with Gasteiger partial charge in [0.2, 0.25) is 0 Å². The summed E-state index contributed by atoms with van der Waals surface area (Å²) < 4.78 is 6.98. The van der Waals surface area contributed by atoms with Crippen molar-refractivity contribution in [1.82, 2.24) is 0 Å². The predicted octanol–water partition coefficient (Wildman–Crippen LogP) is 4.05. The SMILES string of the molecule is CCc1cc(Br)ccc1OCc1ccc(CN)cc1. The number of hydrogen-bond acceptors (Lipinski definition) is 2. The van der Waals surface area contributed by atoms with Gasteiger partial charge in [-0.2, -0.15) is 0 Å². The molecule has 0 aliphatic rings. The minimum atomic E-state index is 0.577. The zero-order chi connectivity index (χ0) is 13.7. The van der Waals surface area contributed by atoms with Crippen molar-refractivity contribution in [3.8, 4) is 5.75 Å². The number of hydrogen-bond donors (Lipinski definition) is 1. The van der Waals surface area contributed by atoms with Crippen LogP contribution in [-0.2, 0) is 19.6 Å². The standard InChI is InChI=1S/C16H18BrNO/c1-2-14-9-15(17)7-8-16(14)19-11-13-5-3-12(10-18)4-6-13/h3-9H,2,10-11,18H2,1H3. The second kappa shape index (κ2) is 6.73. The third-order valence-corrected chi connectivity index (χ3v) is 3.55. The summed E-state index contributed by atoms with van der Waals surface area (Å²) in [4.78, 5) is 0. The Morgan fingerprint density at radius 2 is 1.74 bits per heavy atom. The molecule has 2 N–H and O–H groups in total. The molecular weight excluding hydrogens is 302 g/mol. The average Bonchev–Trinajstić information content (AvgIpc) is 2.46. The van der Waals surface area contributed by atoms with Crippen LogP contribution in [0.5, 0.6) is 5.75 Å². The van der Waals surface area contributed by atoms with Crippen molar-refractivity contribution in [3.63, 3.8) is 0 Å². The fourth-order valence-corrected chi connectivity index (χ4v) is 2.31. The zero-order valence-corrected chi connectivity index (χ0v) is 12.6. The van der Waals surface area contributed by atoms with Gasteiger partial charge in [-0.15, -0.1) is 0 Å². The van der Waals surface area contributed by atoms with Gasteiger partial charge in [-0.3, -0.25) is 0 Å². The van der Waals surface area contributed by atoms with Gasteiger partial charge < -0.3 is 10.5 Å². The highest BCUT2D eigenvalue weighted by molar-refractivity contribution is 9.10. The minimum Gasteiger partial charge on any atom is -0.489 e. The lowest BCUT2D eigenvalue weighted by Gasteiger charge is -2.11. The van der Waals surface area contributed by atoms with E-state index >= 15 is 0 Å². The molecule has 19 heavy (non-hydrogen) atoms. The lowest BCUT2D eigenvalue weighted by atomic mass is 10.1. The highest BCUT2D eigenvalue weighted by Crippen LogP contribution is 2.24. The first kappa shape index (κ1) is 14.1. The van der Waals surface area contributed by atoms with Gasteiger partial charge in [0.1, 0.15) is 12.4 Å². The van der Waals surface area contributed by atoms with E-state index in [4.69, 9.17) is 10.5 Å². The van der Waals surface area contributed by atoms with Crippen molar-refractivity contribution in [1.29, 1.82) is 0 Å². The van der Waals surface area contributed by atoms with Crippen LogP contribution in [0.2, 0.25) is 0 Å². The molecule has 0 bridgehead atoms. The quantitative estimate of drug-likeness (QED) is 0.902. The maximum absolute atomic E-state index is 5.89. The Morgan fingerprint density at radius 3 is 2.37 bits per heavy atom. The van der Waals surface area contributed by atoms with E-state index in [9.17, 15) is 0 Å². The topological polar surface area (TPSA) is 35.2 Å². The van der Waals surface area contributed by atoms with Gasteiger partial charge >= 0.3 is 0 Å². The largest absolute Gasteiger partial charge is 0.489 e. The maximum Gasteiger partial charge on any atom is 0.123 e. The van der Waals surface area contributed by atoms with Crippen LogP contribution in [0, 0.1) is 0 Å². The molecule has 0 heterocycles. The Balaban J connectivity index is 2.05. The number of nitrogens with two attached hydrogens (primary N) is 1. The normalized spacial score (nSPS) is 10.5. The number of ether oxygens (including phenoxy) is 1. The number of halogens is 1. The predicted molar refractivity (Wildman–Crippen MR) is 82.2 cm³/mol. The molecule has 100 valence electrons. The number of rotatable bonds is 5. The molecule has 0 saturated heterocycles. The zero-order valence-electron chi connectivity index (χ0n) is 11.0. The van der Waals surface area contributed by atoms with Crippen LogP contribution in [0.4, 0.5) is 0 Å². The molecule has 0 fully saturated rings. The Kier molecular flexibility index (Phi) is 5.00. The Bertz CT molecular complexity index is 537. The van der Waals surface area contributed by atoms with Gasteiger partial charge in [-0.1, -0.05) is 47.1 Å². The monoisotopic (exact) mass is 319 g/mol. The van der Waals surface area contributed by atoms with E-state index in [0.717, 1.165) is 27.8 Å². The summed E-state index contributed by atoms with van der Waals surface area (Å²) in [6, 6.07) is 14.3. The van der Waals surface area contributed by atoms with Crippen molar-refractivity contribution in [2.45, 2.75) is 26.5 Å². The van der Waals surface area contributed by atoms with Crippen LogP contribution >= 0.6 is 15.9 Å². The maximum atomic E-state index is 5.89. The summed E-state index contributed by atoms with van der Waals surface area (Å²) in [7, 11) is 0. The van der Waals surface area contributed by atoms with Crippen molar-refractivity contribution in [3.05, 3.63) is 63.6 Å². The lowest BCUT2D eigenvalue weighted by molar-refractivity contribution is 0.303. The van der Waals surface area contributed by atoms with E-state index in [0.29, 0.717) is 13.2 Å². The average molecular weight is 320 g/mol. The van der Waals surface area contributed by atoms with Gasteiger partial charge in [0.15, 0.2) is 0 Å². The molecule has 2 nitrogen and oxygen atoms in total. The Hall–Kier alpha value is -1.32. The summed E-state index contributed by atoms with van der Waals surface area (Å²) in [5.41, 5.74) is 9.09. The minimum absolute atomic E-state index is 0.577. The van der Waals surface area contributed by atoms with Crippen LogP contribution in [0.1, 0.15) is 23.6 Å². The second-order valence-electron chi connectivity index (χ2n) is 4.41. The van der Waals surface area contributed by atoms with Crippen LogP contribution in [0.15, 0.2) is 46.9 Å². The fraction of sp³-hybridized carbons (Fsp3) is 0.250. The Morgan fingerprint density at radius 1 is 1.05 bits per heavy atom. The summed E-state index contributed by atoms with van der Waals surface area (Å²) in [5, 5.41) is 0. The molecule has 2 rings (SSSR count). The summed E-state index contributed by atoms with van der Waals surface area (Å²) >= 11 is 3.48. The summed E-state index contributed by atoms with van der Waals surface area (Å²) in [5.74, 6) is 0.952. The molecule has 0 radical (unpaired) electrons. The van der Waals surface area contributed by atoms with E-state index in [1.54, 1.807) is 0 Å². The molecule has 3 heteroatoms. The summed E-state index contributed by atoms with van der Waals surface area (Å²) in [6.07, 6.45) is 0.959. The van der Waals surface area contributed by atoms with Gasteiger partial charge in [0.05, 0.1) is 0 Å². The lowest BCUT2D eigenvalue weighted by Crippen LogP contribution is -2.00. The highest BCUT2D eigenvalue weighted by Gasteiger charge is 2.03. The van der Waals surface area contributed by atoms with Gasteiger partial charge in [0, 0.05) is 11.0 Å². The van der Waals surface area contributed by atoms with E-state index in [2.05, 4.69) is 41.1 Å². The highest BCUT2D eigenvalue weighted by atomic mass is 79.9.